The van der Waals surface area contributed by atoms with Crippen molar-refractivity contribution in [3.05, 3.63) is 5.82 Å². The quantitative estimate of drug-likeness (QED) is 0.816. The number of aromatic nitrogens is 4. The fourth-order valence-electron chi connectivity index (χ4n) is 2.59. The Morgan fingerprint density at radius 3 is 2.61 bits per heavy atom. The van der Waals surface area contributed by atoms with Gasteiger partial charge in [0, 0.05) is 0 Å². The zero-order valence-corrected chi connectivity index (χ0v) is 11.6. The largest absolute Gasteiger partial charge is 0.310 e. The van der Waals surface area contributed by atoms with Gasteiger partial charge in [-0.05, 0) is 35.7 Å². The Kier molecular flexibility index (Phi) is 5.11. The van der Waals surface area contributed by atoms with Gasteiger partial charge in [-0.2, -0.15) is 0 Å². The highest BCUT2D eigenvalue weighted by Gasteiger charge is 2.18. The third-order valence-electron chi connectivity index (χ3n) is 3.57. The molecule has 102 valence electrons. The highest BCUT2D eigenvalue weighted by Crippen LogP contribution is 2.26. The van der Waals surface area contributed by atoms with E-state index in [-0.39, 0.29) is 0 Å². The van der Waals surface area contributed by atoms with Crippen molar-refractivity contribution in [3.8, 4) is 0 Å². The summed E-state index contributed by atoms with van der Waals surface area (Å²) in [5.41, 5.74) is 0. The van der Waals surface area contributed by atoms with Crippen LogP contribution in [0.4, 0.5) is 0 Å². The Balaban J connectivity index is 1.93. The molecule has 5 nitrogen and oxygen atoms in total. The number of rotatable bonds is 5. The van der Waals surface area contributed by atoms with E-state index in [0.717, 1.165) is 18.9 Å². The van der Waals surface area contributed by atoms with Crippen LogP contribution in [0.15, 0.2) is 0 Å². The summed E-state index contributed by atoms with van der Waals surface area (Å²) >= 11 is 0. The smallest absolute Gasteiger partial charge is 0.165 e. The van der Waals surface area contributed by atoms with Crippen molar-refractivity contribution in [2.75, 3.05) is 6.54 Å². The molecule has 0 unspecified atom stereocenters. The van der Waals surface area contributed by atoms with Crippen LogP contribution in [0.1, 0.15) is 64.2 Å². The minimum atomic E-state index is 0.512. The van der Waals surface area contributed by atoms with Crippen molar-refractivity contribution in [1.29, 1.82) is 0 Å². The molecule has 0 aliphatic heterocycles. The Morgan fingerprint density at radius 2 is 1.94 bits per heavy atom. The number of hydrogen-bond acceptors (Lipinski definition) is 4. The van der Waals surface area contributed by atoms with Crippen LogP contribution in [0.25, 0.3) is 0 Å². The average Bonchev–Trinajstić information content (AvgIpc) is 2.63. The second kappa shape index (κ2) is 6.83. The van der Waals surface area contributed by atoms with Gasteiger partial charge in [-0.25, -0.2) is 4.68 Å². The molecule has 1 aliphatic carbocycles. The summed E-state index contributed by atoms with van der Waals surface area (Å²) in [5.74, 6) is 1.65. The van der Waals surface area contributed by atoms with Gasteiger partial charge in [0.2, 0.25) is 0 Å². The molecule has 0 amide bonds. The first kappa shape index (κ1) is 13.5. The summed E-state index contributed by atoms with van der Waals surface area (Å²) in [6, 6.07) is 0.512. The van der Waals surface area contributed by atoms with E-state index in [1.807, 2.05) is 0 Å². The van der Waals surface area contributed by atoms with Crippen LogP contribution in [0, 0.1) is 5.92 Å². The molecule has 0 bridgehead atoms. The molecule has 2 rings (SSSR count). The summed E-state index contributed by atoms with van der Waals surface area (Å²) in [5, 5.41) is 15.6. The van der Waals surface area contributed by atoms with E-state index in [1.165, 1.54) is 38.5 Å². The van der Waals surface area contributed by atoms with E-state index in [0.29, 0.717) is 12.0 Å². The normalized spacial score (nSPS) is 18.2. The fraction of sp³-hybridized carbons (Fsp3) is 0.923. The van der Waals surface area contributed by atoms with Gasteiger partial charge in [-0.15, -0.1) is 5.10 Å². The summed E-state index contributed by atoms with van der Waals surface area (Å²) in [6.45, 7) is 6.21. The number of nitrogens with one attached hydrogen (secondary N) is 1. The van der Waals surface area contributed by atoms with Gasteiger partial charge in [-0.1, -0.05) is 39.5 Å². The third kappa shape index (κ3) is 3.77. The summed E-state index contributed by atoms with van der Waals surface area (Å²) < 4.78 is 2.05. The van der Waals surface area contributed by atoms with Gasteiger partial charge in [0.15, 0.2) is 5.82 Å². The number of hydrogen-bond donors (Lipinski definition) is 1. The lowest BCUT2D eigenvalue weighted by Crippen LogP contribution is -2.23. The Morgan fingerprint density at radius 1 is 1.22 bits per heavy atom. The van der Waals surface area contributed by atoms with Crippen LogP contribution in [-0.2, 0) is 6.54 Å². The molecule has 1 aromatic heterocycles. The van der Waals surface area contributed by atoms with E-state index in [1.54, 1.807) is 0 Å². The van der Waals surface area contributed by atoms with Crippen molar-refractivity contribution in [1.82, 2.24) is 25.5 Å². The van der Waals surface area contributed by atoms with Gasteiger partial charge in [-0.3, -0.25) is 0 Å². The maximum atomic E-state index is 4.19. The van der Waals surface area contributed by atoms with Crippen molar-refractivity contribution < 1.29 is 0 Å². The van der Waals surface area contributed by atoms with Crippen LogP contribution in [0.3, 0.4) is 0 Å². The van der Waals surface area contributed by atoms with E-state index in [2.05, 4.69) is 39.4 Å². The standard InChI is InChI=1S/C13H25N5/c1-11(2)9-14-10-13-15-16-17-18(13)12-7-5-3-4-6-8-12/h11-12,14H,3-10H2,1-2H3. The van der Waals surface area contributed by atoms with Crippen LogP contribution >= 0.6 is 0 Å². The van der Waals surface area contributed by atoms with Crippen molar-refractivity contribution >= 4 is 0 Å². The summed E-state index contributed by atoms with van der Waals surface area (Å²) in [4.78, 5) is 0. The third-order valence-corrected chi connectivity index (χ3v) is 3.57. The van der Waals surface area contributed by atoms with Crippen LogP contribution < -0.4 is 5.32 Å². The molecule has 1 heterocycles. The Labute approximate surface area is 109 Å². The first-order chi connectivity index (χ1) is 8.77. The van der Waals surface area contributed by atoms with Gasteiger partial charge in [0.25, 0.3) is 0 Å². The number of tetrazole rings is 1. The lowest BCUT2D eigenvalue weighted by molar-refractivity contribution is 0.379. The first-order valence-electron chi connectivity index (χ1n) is 7.25. The van der Waals surface area contributed by atoms with E-state index < -0.39 is 0 Å². The molecule has 1 aromatic rings. The molecule has 1 fully saturated rings. The molecule has 0 radical (unpaired) electrons. The maximum Gasteiger partial charge on any atom is 0.165 e. The van der Waals surface area contributed by atoms with Crippen LogP contribution in [0.5, 0.6) is 0 Å². The SMILES string of the molecule is CC(C)CNCc1nnnn1C1CCCCCC1. The zero-order valence-electron chi connectivity index (χ0n) is 11.6. The van der Waals surface area contributed by atoms with Crippen LogP contribution in [0.2, 0.25) is 0 Å². The van der Waals surface area contributed by atoms with Gasteiger partial charge < -0.3 is 5.32 Å². The van der Waals surface area contributed by atoms with Crippen molar-refractivity contribution in [2.24, 2.45) is 5.92 Å². The minimum absolute atomic E-state index is 0.512. The van der Waals surface area contributed by atoms with Gasteiger partial charge in [0.05, 0.1) is 12.6 Å². The lowest BCUT2D eigenvalue weighted by Gasteiger charge is -2.16. The fourth-order valence-corrected chi connectivity index (χ4v) is 2.59. The highest BCUT2D eigenvalue weighted by atomic mass is 15.6. The van der Waals surface area contributed by atoms with Crippen LogP contribution in [-0.4, -0.2) is 26.8 Å². The molecule has 0 saturated heterocycles. The lowest BCUT2D eigenvalue weighted by atomic mass is 10.1. The monoisotopic (exact) mass is 251 g/mol. The molecular weight excluding hydrogens is 226 g/mol. The Hall–Kier alpha value is -0.970. The predicted octanol–water partition coefficient (Wildman–Crippen LogP) is 2.31. The summed E-state index contributed by atoms with van der Waals surface area (Å²) in [6.07, 6.45) is 7.79. The van der Waals surface area contributed by atoms with E-state index in [4.69, 9.17) is 0 Å². The van der Waals surface area contributed by atoms with Gasteiger partial charge >= 0.3 is 0 Å². The molecule has 18 heavy (non-hydrogen) atoms. The predicted molar refractivity (Wildman–Crippen MR) is 71.1 cm³/mol. The highest BCUT2D eigenvalue weighted by molar-refractivity contribution is 4.85. The zero-order chi connectivity index (χ0) is 12.8. The second-order valence-corrected chi connectivity index (χ2v) is 5.71. The molecule has 0 aromatic carbocycles. The van der Waals surface area contributed by atoms with Crippen molar-refractivity contribution in [3.63, 3.8) is 0 Å². The molecule has 1 aliphatic rings. The maximum absolute atomic E-state index is 4.19. The molecule has 1 N–H and O–H groups in total. The average molecular weight is 251 g/mol. The summed E-state index contributed by atoms with van der Waals surface area (Å²) in [7, 11) is 0. The topological polar surface area (TPSA) is 55.6 Å². The minimum Gasteiger partial charge on any atom is -0.310 e. The Bertz CT molecular complexity index is 339. The molecular formula is C13H25N5. The number of nitrogens with zero attached hydrogens (tertiary/aromatic N) is 4. The molecule has 0 spiro atoms. The second-order valence-electron chi connectivity index (χ2n) is 5.71. The first-order valence-corrected chi connectivity index (χ1v) is 7.25. The van der Waals surface area contributed by atoms with Gasteiger partial charge in [0.1, 0.15) is 0 Å². The molecule has 5 heteroatoms. The van der Waals surface area contributed by atoms with E-state index >= 15 is 0 Å². The molecule has 0 atom stereocenters. The van der Waals surface area contributed by atoms with E-state index in [9.17, 15) is 0 Å². The van der Waals surface area contributed by atoms with Crippen molar-refractivity contribution in [2.45, 2.75) is 65.0 Å². The molecule has 1 saturated carbocycles.